The zero-order valence-corrected chi connectivity index (χ0v) is 13.0. The molecule has 0 amide bonds. The predicted octanol–water partition coefficient (Wildman–Crippen LogP) is 3.12. The average molecular weight is 298 g/mol. The van der Waals surface area contributed by atoms with Crippen LogP contribution in [0.1, 0.15) is 31.4 Å². The van der Waals surface area contributed by atoms with Gasteiger partial charge >= 0.3 is 0 Å². The molecule has 0 aliphatic carbocycles. The number of hydrogen-bond donors (Lipinski definition) is 1. The number of ether oxygens (including phenoxy) is 1. The summed E-state index contributed by atoms with van der Waals surface area (Å²) in [6, 6.07) is 7.46. The molecule has 1 aromatic rings. The zero-order valence-electron chi connectivity index (χ0n) is 12.3. The third-order valence-corrected chi connectivity index (χ3v) is 4.46. The van der Waals surface area contributed by atoms with Gasteiger partial charge in [-0.3, -0.25) is 0 Å². The van der Waals surface area contributed by atoms with Gasteiger partial charge in [0.15, 0.2) is 0 Å². The Kier molecular flexibility index (Phi) is 5.85. The van der Waals surface area contributed by atoms with E-state index in [0.29, 0.717) is 17.0 Å². The highest BCUT2D eigenvalue weighted by atomic mass is 35.5. The van der Waals surface area contributed by atoms with Crippen molar-refractivity contribution in [2.75, 3.05) is 26.7 Å². The molecule has 20 heavy (non-hydrogen) atoms. The van der Waals surface area contributed by atoms with Gasteiger partial charge in [0, 0.05) is 25.2 Å². The Morgan fingerprint density at radius 3 is 3.00 bits per heavy atom. The quantitative estimate of drug-likeness (QED) is 0.906. The van der Waals surface area contributed by atoms with Gasteiger partial charge < -0.3 is 14.7 Å². The predicted molar refractivity (Wildman–Crippen MR) is 82.0 cm³/mol. The molecule has 3 atom stereocenters. The lowest BCUT2D eigenvalue weighted by Gasteiger charge is -2.36. The van der Waals surface area contributed by atoms with E-state index in [-0.39, 0.29) is 0 Å². The Labute approximate surface area is 126 Å². The number of hydrogen-bond acceptors (Lipinski definition) is 3. The molecule has 1 aliphatic heterocycles. The molecule has 3 unspecified atom stereocenters. The summed E-state index contributed by atoms with van der Waals surface area (Å²) < 4.78 is 5.52. The Hall–Kier alpha value is -0.610. The van der Waals surface area contributed by atoms with Gasteiger partial charge in [-0.2, -0.15) is 0 Å². The first kappa shape index (κ1) is 15.8. The van der Waals surface area contributed by atoms with E-state index in [2.05, 4.69) is 11.8 Å². The molecule has 0 saturated carbocycles. The van der Waals surface area contributed by atoms with Gasteiger partial charge in [-0.25, -0.2) is 0 Å². The Morgan fingerprint density at radius 2 is 2.30 bits per heavy atom. The standard InChI is InChI=1S/C16H24ClNO2/c1-12-6-8-18(11-16(12)20-2)9-7-15(19)13-4-3-5-14(17)10-13/h3-5,10,12,15-16,19H,6-9,11H2,1-2H3. The molecule has 0 aromatic heterocycles. The maximum absolute atomic E-state index is 10.2. The van der Waals surface area contributed by atoms with Gasteiger partial charge in [-0.05, 0) is 43.0 Å². The summed E-state index contributed by atoms with van der Waals surface area (Å²) in [5, 5.41) is 10.9. The van der Waals surface area contributed by atoms with Crippen LogP contribution in [0.2, 0.25) is 5.02 Å². The van der Waals surface area contributed by atoms with Crippen LogP contribution in [0.25, 0.3) is 0 Å². The molecule has 1 aromatic carbocycles. The number of aliphatic hydroxyl groups excluding tert-OH is 1. The third-order valence-electron chi connectivity index (χ3n) is 4.23. The van der Waals surface area contributed by atoms with Crippen molar-refractivity contribution in [3.8, 4) is 0 Å². The van der Waals surface area contributed by atoms with Gasteiger partial charge in [-0.15, -0.1) is 0 Å². The van der Waals surface area contributed by atoms with Crippen LogP contribution in [0.4, 0.5) is 0 Å². The molecule has 1 heterocycles. The Bertz CT molecular complexity index is 427. The molecule has 0 spiro atoms. The first-order valence-electron chi connectivity index (χ1n) is 7.29. The van der Waals surface area contributed by atoms with Crippen LogP contribution in [0.3, 0.4) is 0 Å². The van der Waals surface area contributed by atoms with E-state index >= 15 is 0 Å². The monoisotopic (exact) mass is 297 g/mol. The Morgan fingerprint density at radius 1 is 1.50 bits per heavy atom. The Balaban J connectivity index is 1.83. The van der Waals surface area contributed by atoms with Crippen molar-refractivity contribution in [2.45, 2.75) is 32.0 Å². The summed E-state index contributed by atoms with van der Waals surface area (Å²) in [7, 11) is 1.78. The van der Waals surface area contributed by atoms with Crippen molar-refractivity contribution < 1.29 is 9.84 Å². The second kappa shape index (κ2) is 7.41. The number of piperidine rings is 1. The number of benzene rings is 1. The van der Waals surface area contributed by atoms with Gasteiger partial charge in [0.1, 0.15) is 0 Å². The molecule has 1 aliphatic rings. The maximum Gasteiger partial charge on any atom is 0.0802 e. The van der Waals surface area contributed by atoms with Crippen molar-refractivity contribution in [3.63, 3.8) is 0 Å². The first-order valence-corrected chi connectivity index (χ1v) is 7.66. The molecular weight excluding hydrogens is 274 g/mol. The smallest absolute Gasteiger partial charge is 0.0802 e. The second-order valence-corrected chi connectivity index (χ2v) is 6.14. The van der Waals surface area contributed by atoms with E-state index in [1.165, 1.54) is 0 Å². The molecule has 0 radical (unpaired) electrons. The van der Waals surface area contributed by atoms with Crippen molar-refractivity contribution in [1.82, 2.24) is 4.90 Å². The first-order chi connectivity index (χ1) is 9.60. The lowest BCUT2D eigenvalue weighted by molar-refractivity contribution is -0.00867. The van der Waals surface area contributed by atoms with Crippen molar-refractivity contribution in [3.05, 3.63) is 34.9 Å². The molecule has 1 N–H and O–H groups in total. The van der Waals surface area contributed by atoms with Gasteiger partial charge in [0.2, 0.25) is 0 Å². The summed E-state index contributed by atoms with van der Waals surface area (Å²) in [4.78, 5) is 2.38. The highest BCUT2D eigenvalue weighted by molar-refractivity contribution is 6.30. The molecule has 2 rings (SSSR count). The van der Waals surface area contributed by atoms with Gasteiger partial charge in [0.05, 0.1) is 12.2 Å². The number of nitrogens with zero attached hydrogens (tertiary/aromatic N) is 1. The minimum Gasteiger partial charge on any atom is -0.388 e. The fourth-order valence-corrected chi connectivity index (χ4v) is 2.99. The van der Waals surface area contributed by atoms with Gasteiger partial charge in [0.25, 0.3) is 0 Å². The molecule has 4 heteroatoms. The molecule has 112 valence electrons. The van der Waals surface area contributed by atoms with Crippen LogP contribution in [0, 0.1) is 5.92 Å². The van der Waals surface area contributed by atoms with Crippen LogP contribution in [0.5, 0.6) is 0 Å². The van der Waals surface area contributed by atoms with Crippen LogP contribution >= 0.6 is 11.6 Å². The topological polar surface area (TPSA) is 32.7 Å². The van der Waals surface area contributed by atoms with Crippen molar-refractivity contribution >= 4 is 11.6 Å². The minimum atomic E-state index is -0.450. The largest absolute Gasteiger partial charge is 0.388 e. The van der Waals surface area contributed by atoms with Crippen LogP contribution in [-0.2, 0) is 4.74 Å². The van der Waals surface area contributed by atoms with Crippen molar-refractivity contribution in [1.29, 1.82) is 0 Å². The molecule has 3 nitrogen and oxygen atoms in total. The van der Waals surface area contributed by atoms with Crippen LogP contribution < -0.4 is 0 Å². The summed E-state index contributed by atoms with van der Waals surface area (Å²) >= 11 is 5.95. The molecule has 1 saturated heterocycles. The molecular formula is C16H24ClNO2. The van der Waals surface area contributed by atoms with E-state index in [4.69, 9.17) is 16.3 Å². The van der Waals surface area contributed by atoms with E-state index in [0.717, 1.165) is 38.0 Å². The number of halogens is 1. The normalized spacial score (nSPS) is 25.6. The van der Waals surface area contributed by atoms with E-state index in [1.807, 2.05) is 24.3 Å². The summed E-state index contributed by atoms with van der Waals surface area (Å²) in [6.45, 7) is 5.18. The lowest BCUT2D eigenvalue weighted by atomic mass is 9.95. The molecule has 0 bridgehead atoms. The number of rotatable bonds is 5. The van der Waals surface area contributed by atoms with E-state index in [9.17, 15) is 5.11 Å². The van der Waals surface area contributed by atoms with Crippen LogP contribution in [0.15, 0.2) is 24.3 Å². The van der Waals surface area contributed by atoms with E-state index < -0.39 is 6.10 Å². The highest BCUT2D eigenvalue weighted by Gasteiger charge is 2.26. The second-order valence-electron chi connectivity index (χ2n) is 5.70. The SMILES string of the molecule is COC1CN(CCC(O)c2cccc(Cl)c2)CCC1C. The summed E-state index contributed by atoms with van der Waals surface area (Å²) in [5.41, 5.74) is 0.895. The maximum atomic E-state index is 10.2. The van der Waals surface area contributed by atoms with E-state index in [1.54, 1.807) is 7.11 Å². The third kappa shape index (κ3) is 4.19. The number of aliphatic hydroxyl groups is 1. The van der Waals surface area contributed by atoms with Crippen molar-refractivity contribution in [2.24, 2.45) is 5.92 Å². The average Bonchev–Trinajstić information content (AvgIpc) is 2.46. The van der Waals surface area contributed by atoms with Crippen LogP contribution in [-0.4, -0.2) is 42.9 Å². The minimum absolute atomic E-state index is 0.312. The molecule has 1 fully saturated rings. The van der Waals surface area contributed by atoms with Gasteiger partial charge in [-0.1, -0.05) is 30.7 Å². The highest BCUT2D eigenvalue weighted by Crippen LogP contribution is 2.23. The lowest BCUT2D eigenvalue weighted by Crippen LogP contribution is -2.44. The number of likely N-dealkylation sites (tertiary alicyclic amines) is 1. The zero-order chi connectivity index (χ0) is 14.5. The fourth-order valence-electron chi connectivity index (χ4n) is 2.79. The summed E-state index contributed by atoms with van der Waals surface area (Å²) in [5.74, 6) is 0.620. The number of methoxy groups -OCH3 is 1. The summed E-state index contributed by atoms with van der Waals surface area (Å²) in [6.07, 6.45) is 1.75. The fraction of sp³-hybridized carbons (Fsp3) is 0.625.